The molecule has 2 aliphatic rings. The molecular weight excluding hydrogens is 1390 g/mol. The number of amides is 8. The van der Waals surface area contributed by atoms with Crippen LogP contribution in [0, 0.1) is 17.3 Å². The fourth-order valence-electron chi connectivity index (χ4n) is 11.9. The Balaban J connectivity index is 1.43. The second-order valence-electron chi connectivity index (χ2n) is 27.6. The number of carboxylic acid groups (broad SMARTS) is 2. The summed E-state index contributed by atoms with van der Waals surface area (Å²) >= 11 is 0. The van der Waals surface area contributed by atoms with Gasteiger partial charge in [0.25, 0.3) is 5.91 Å². The van der Waals surface area contributed by atoms with Crippen molar-refractivity contribution in [2.45, 2.75) is 216 Å². The topological polar surface area (TPSA) is 565 Å². The Morgan fingerprint density at radius 1 is 0.575 bits per heavy atom. The molecule has 0 aromatic heterocycles. The quantitative estimate of drug-likeness (QED) is 0.0252. The van der Waals surface area contributed by atoms with E-state index < -0.39 is 240 Å². The van der Waals surface area contributed by atoms with E-state index in [9.17, 15) is 113 Å². The van der Waals surface area contributed by atoms with Gasteiger partial charge in [0.1, 0.15) is 42.7 Å². The van der Waals surface area contributed by atoms with E-state index in [1.165, 1.54) is 24.0 Å². The summed E-state index contributed by atoms with van der Waals surface area (Å²) in [6.45, 7) is 3.05. The molecule has 4 rings (SSSR count). The van der Waals surface area contributed by atoms with Gasteiger partial charge < -0.3 is 113 Å². The number of hydrogen-bond acceptors (Lipinski definition) is 25. The number of ether oxygens (including phenoxy) is 1. The van der Waals surface area contributed by atoms with Crippen molar-refractivity contribution in [2.75, 3.05) is 74.3 Å². The fraction of sp³-hybridized carbons (Fsp3) is 0.648. The zero-order chi connectivity index (χ0) is 79.0. The van der Waals surface area contributed by atoms with Crippen LogP contribution in [0.3, 0.4) is 0 Å². The van der Waals surface area contributed by atoms with E-state index >= 15 is 0 Å². The highest BCUT2D eigenvalue weighted by atomic mass is 16.5. The summed E-state index contributed by atoms with van der Waals surface area (Å²) in [7, 11) is 0. The van der Waals surface area contributed by atoms with Crippen LogP contribution in [0.2, 0.25) is 0 Å². The van der Waals surface area contributed by atoms with Gasteiger partial charge in [0.2, 0.25) is 29.5 Å². The summed E-state index contributed by atoms with van der Waals surface area (Å²) in [4.78, 5) is 178. The van der Waals surface area contributed by atoms with Crippen molar-refractivity contribution in [3.8, 4) is 0 Å². The summed E-state index contributed by atoms with van der Waals surface area (Å²) in [6.07, 6.45) is -17.6. The van der Waals surface area contributed by atoms with E-state index in [0.29, 0.717) is 5.69 Å². The maximum absolute atomic E-state index is 14.5. The Morgan fingerprint density at radius 2 is 1.09 bits per heavy atom. The lowest BCUT2D eigenvalue weighted by molar-refractivity contribution is -0.139. The number of anilines is 3. The van der Waals surface area contributed by atoms with Crippen molar-refractivity contribution >= 4 is 93.6 Å². The summed E-state index contributed by atoms with van der Waals surface area (Å²) < 4.78 is 5.63. The van der Waals surface area contributed by atoms with Crippen molar-refractivity contribution < 1.29 is 128 Å². The van der Waals surface area contributed by atoms with E-state index in [4.69, 9.17) is 14.9 Å². The average Bonchev–Trinajstić information content (AvgIpc) is 1.58. The number of aliphatic hydroxyl groups excluding tert-OH is 10. The number of para-hydroxylation sites is 2. The summed E-state index contributed by atoms with van der Waals surface area (Å²) in [5.41, 5.74) is 1.06. The SMILES string of the molecule is CCNC(=O)[C@H](CCC(=O)NC[C@@H](O)[C@H](O)[C@@H](O)[C@@H](O)CO)CC(=O)[C@H](CCC(=O)O)NC(=O)[C@H](CCC(=O)NC[C@@H](O)[C@H](O)[C@@H](O)[C@@H](O)CO)CC(=O)[C@H](CCC(=O)O)NC(=O)CCOCCCC(=O)c1cccc(NC(=O)N[C@@H]2CN(C3CCCCC3)c3ccccc3N(CC(=O)C(C)(C)C)C2=O)c1. The lowest BCUT2D eigenvalue weighted by Gasteiger charge is -2.37. The first kappa shape index (κ1) is 89.9. The minimum atomic E-state index is -2.09. The zero-order valence-corrected chi connectivity index (χ0v) is 60.3. The number of nitrogens with one attached hydrogen (secondary N) is 7. The first-order valence-electron chi connectivity index (χ1n) is 35.7. The Hall–Kier alpha value is -8.49. The van der Waals surface area contributed by atoms with Gasteiger partial charge in [-0.25, -0.2) is 4.79 Å². The second-order valence-corrected chi connectivity index (χ2v) is 27.6. The predicted octanol–water partition coefficient (Wildman–Crippen LogP) is -2.00. The van der Waals surface area contributed by atoms with Crippen LogP contribution in [0.4, 0.5) is 21.9 Å². The van der Waals surface area contributed by atoms with E-state index in [0.717, 1.165) is 37.8 Å². The average molecular weight is 1500 g/mol. The summed E-state index contributed by atoms with van der Waals surface area (Å²) in [6, 6.07) is 8.45. The molecule has 1 heterocycles. The van der Waals surface area contributed by atoms with E-state index in [-0.39, 0.29) is 81.0 Å². The number of nitrogens with zero attached hydrogens (tertiary/aromatic N) is 2. The highest BCUT2D eigenvalue weighted by Crippen LogP contribution is 2.38. The molecule has 0 spiro atoms. The van der Waals surface area contributed by atoms with Gasteiger partial charge in [0.05, 0.1) is 62.0 Å². The standard InChI is InChI=1S/C71H107N9O26/c1-5-72-67(102)41(20-24-58(91)73-34-53(86)63(98)65(100)55(88)38-81)32-52(85)46(23-27-62(96)97)77-68(103)42(21-25-59(92)74-35-54(87)64(99)66(101)56(89)39-82)33-51(84)45(22-26-61(94)95)76-60(93)28-30-106-29-12-19-50(83)40-13-11-14-43(31-40)75-70(105)78-47-36-79(44-15-7-6-8-16-44)48-17-9-10-18-49(48)80(69(47)104)37-57(90)71(2,3)4/h9-11,13-14,17-18,31,41-42,44-47,53-56,63-66,81-82,86-89,98-101H,5-8,12,15-16,19-30,32-39H2,1-4H3,(H,72,102)(H,73,91)(H,74,92)(H,76,93)(H,77,103)(H,94,95)(H,96,97)(H2,75,78,105)/t41-,42-,45+,46+,47-,53-,54-,55+,56+,63+,64+,65+,66+/m1/s1. The molecule has 0 radical (unpaired) electrons. The molecule has 1 saturated carbocycles. The molecule has 592 valence electrons. The van der Waals surface area contributed by atoms with Gasteiger partial charge in [-0.3, -0.25) is 57.5 Å². The van der Waals surface area contributed by atoms with Crippen LogP contribution in [-0.4, -0.2) is 270 Å². The molecule has 13 atom stereocenters. The maximum Gasteiger partial charge on any atom is 0.319 e. The van der Waals surface area contributed by atoms with Crippen LogP contribution in [0.25, 0.3) is 0 Å². The molecule has 0 saturated heterocycles. The van der Waals surface area contributed by atoms with Gasteiger partial charge in [0.15, 0.2) is 23.1 Å². The molecule has 1 aliphatic carbocycles. The minimum Gasteiger partial charge on any atom is -0.481 e. The molecular formula is C71H107N9O26. The van der Waals surface area contributed by atoms with Gasteiger partial charge in [-0.15, -0.1) is 0 Å². The van der Waals surface area contributed by atoms with Crippen LogP contribution in [0.15, 0.2) is 48.5 Å². The largest absolute Gasteiger partial charge is 0.481 e. The van der Waals surface area contributed by atoms with Crippen molar-refractivity contribution in [3.63, 3.8) is 0 Å². The monoisotopic (exact) mass is 1500 g/mol. The van der Waals surface area contributed by atoms with Crippen molar-refractivity contribution in [1.82, 2.24) is 31.9 Å². The van der Waals surface area contributed by atoms with Gasteiger partial charge >= 0.3 is 18.0 Å². The van der Waals surface area contributed by atoms with Gasteiger partial charge in [-0.1, -0.05) is 64.3 Å². The molecule has 106 heavy (non-hydrogen) atoms. The number of aliphatic carboxylic acids is 2. The van der Waals surface area contributed by atoms with Crippen LogP contribution in [0.1, 0.15) is 154 Å². The van der Waals surface area contributed by atoms with Crippen LogP contribution in [0.5, 0.6) is 0 Å². The first-order valence-corrected chi connectivity index (χ1v) is 35.7. The molecule has 35 nitrogen and oxygen atoms in total. The van der Waals surface area contributed by atoms with Gasteiger partial charge in [-0.05, 0) is 76.1 Å². The minimum absolute atomic E-state index is 0.0305. The number of rotatable bonds is 48. The van der Waals surface area contributed by atoms with Gasteiger partial charge in [0, 0.05) is 119 Å². The molecule has 0 bridgehead atoms. The van der Waals surface area contributed by atoms with Gasteiger partial charge in [-0.2, -0.15) is 0 Å². The van der Waals surface area contributed by atoms with Crippen LogP contribution >= 0.6 is 0 Å². The third-order valence-corrected chi connectivity index (χ3v) is 18.3. The lowest BCUT2D eigenvalue weighted by Crippen LogP contribution is -2.55. The normalized spacial score (nSPS) is 17.5. The number of carbonyl (C=O) groups is 13. The van der Waals surface area contributed by atoms with Crippen molar-refractivity contribution in [1.29, 1.82) is 0 Å². The number of fused-ring (bicyclic) bond motifs is 1. The van der Waals surface area contributed by atoms with Crippen molar-refractivity contribution in [2.24, 2.45) is 17.3 Å². The molecule has 19 N–H and O–H groups in total. The molecule has 8 amide bonds. The van der Waals surface area contributed by atoms with E-state index in [1.54, 1.807) is 45.0 Å². The smallest absolute Gasteiger partial charge is 0.319 e. The molecule has 1 fully saturated rings. The van der Waals surface area contributed by atoms with Crippen LogP contribution < -0.4 is 47.0 Å². The Morgan fingerprint density at radius 3 is 1.61 bits per heavy atom. The molecule has 2 aromatic carbocycles. The summed E-state index contributed by atoms with van der Waals surface area (Å²) in [5, 5.41) is 135. The predicted molar refractivity (Wildman–Crippen MR) is 378 cm³/mol. The fourth-order valence-corrected chi connectivity index (χ4v) is 11.9. The number of carbonyl (C=O) groups excluding carboxylic acids is 11. The molecule has 35 heteroatoms. The number of carboxylic acids is 2. The molecule has 1 aliphatic heterocycles. The highest BCUT2D eigenvalue weighted by Gasteiger charge is 2.41. The Kier molecular flexibility index (Phi) is 38.4. The highest BCUT2D eigenvalue weighted by molar-refractivity contribution is 6.08. The summed E-state index contributed by atoms with van der Waals surface area (Å²) in [5.74, 6) is -13.3. The second kappa shape index (κ2) is 45.2. The Bertz CT molecular complexity index is 3280. The third kappa shape index (κ3) is 30.0. The third-order valence-electron chi connectivity index (χ3n) is 18.3. The number of ketones is 4. The number of aliphatic hydroxyl groups is 10. The zero-order valence-electron chi connectivity index (χ0n) is 60.3. The number of benzene rings is 2. The van der Waals surface area contributed by atoms with E-state index in [2.05, 4.69) is 42.1 Å². The number of urea groups is 1. The van der Waals surface area contributed by atoms with E-state index in [1.807, 2.05) is 12.1 Å². The Labute approximate surface area is 613 Å². The lowest BCUT2D eigenvalue weighted by atomic mass is 9.89. The van der Waals surface area contributed by atoms with Crippen LogP contribution in [-0.2, 0) is 57.5 Å². The first-order chi connectivity index (χ1) is 50.1. The number of hydrogen-bond donors (Lipinski definition) is 19. The maximum atomic E-state index is 14.5. The molecule has 0 unspecified atom stereocenters. The molecule has 2 aromatic rings. The van der Waals surface area contributed by atoms with Crippen molar-refractivity contribution in [3.05, 3.63) is 54.1 Å². The number of Topliss-reactive ketones (excluding diaryl/α,β-unsaturated/α-hetero) is 4.